The molecule has 0 saturated carbocycles. The molecule has 2 N–H and O–H groups in total. The van der Waals surface area contributed by atoms with E-state index in [2.05, 4.69) is 5.32 Å². The molecule has 2 amide bonds. The van der Waals surface area contributed by atoms with Crippen molar-refractivity contribution in [3.8, 4) is 11.5 Å². The highest BCUT2D eigenvalue weighted by Gasteiger charge is 2.22. The van der Waals surface area contributed by atoms with Crippen molar-refractivity contribution in [3.05, 3.63) is 23.8 Å². The fourth-order valence-corrected chi connectivity index (χ4v) is 2.68. The lowest BCUT2D eigenvalue weighted by Crippen LogP contribution is -2.45. The maximum absolute atomic E-state index is 12.2. The Kier molecular flexibility index (Phi) is 5.89. The molecule has 1 aromatic carbocycles. The molecule has 1 aliphatic heterocycles. The first kappa shape index (κ1) is 16.4. The van der Waals surface area contributed by atoms with E-state index in [1.54, 1.807) is 19.1 Å². The summed E-state index contributed by atoms with van der Waals surface area (Å²) >= 11 is 0. The van der Waals surface area contributed by atoms with Crippen LogP contribution in [-0.2, 0) is 6.54 Å². The van der Waals surface area contributed by atoms with Gasteiger partial charge in [-0.25, -0.2) is 4.79 Å². The number of aliphatic hydroxyl groups is 1. The van der Waals surface area contributed by atoms with E-state index in [1.807, 2.05) is 18.2 Å². The molecule has 2 rings (SSSR count). The average Bonchev–Trinajstić information content (AvgIpc) is 2.59. The molecule has 0 bridgehead atoms. The van der Waals surface area contributed by atoms with Crippen LogP contribution >= 0.6 is 0 Å². The maximum atomic E-state index is 12.2. The van der Waals surface area contributed by atoms with Gasteiger partial charge in [0.15, 0.2) is 11.5 Å². The van der Waals surface area contributed by atoms with Crippen molar-refractivity contribution in [2.24, 2.45) is 5.92 Å². The van der Waals surface area contributed by atoms with Gasteiger partial charge in [0.2, 0.25) is 0 Å². The smallest absolute Gasteiger partial charge is 0.317 e. The lowest BCUT2D eigenvalue weighted by atomic mass is 9.99. The Bertz CT molecular complexity index is 507. The number of likely N-dealkylation sites (tertiary alicyclic amines) is 1. The number of carbonyl (C=O) groups excluding carboxylic acids is 1. The number of hydrogen-bond acceptors (Lipinski definition) is 4. The zero-order valence-corrected chi connectivity index (χ0v) is 13.2. The fourth-order valence-electron chi connectivity index (χ4n) is 2.68. The van der Waals surface area contributed by atoms with Crippen molar-refractivity contribution in [3.63, 3.8) is 0 Å². The largest absolute Gasteiger partial charge is 0.493 e. The number of hydrogen-bond donors (Lipinski definition) is 2. The van der Waals surface area contributed by atoms with E-state index >= 15 is 0 Å². The molecular formula is C16H24N2O4. The Hall–Kier alpha value is -1.95. The van der Waals surface area contributed by atoms with Crippen LogP contribution in [0, 0.1) is 5.92 Å². The molecule has 6 heteroatoms. The second-order valence-corrected chi connectivity index (χ2v) is 5.48. The van der Waals surface area contributed by atoms with E-state index < -0.39 is 0 Å². The Morgan fingerprint density at radius 1 is 1.36 bits per heavy atom. The lowest BCUT2D eigenvalue weighted by molar-refractivity contribution is 0.129. The van der Waals surface area contributed by atoms with Crippen LogP contribution in [0.5, 0.6) is 11.5 Å². The van der Waals surface area contributed by atoms with E-state index in [1.165, 1.54) is 0 Å². The molecule has 22 heavy (non-hydrogen) atoms. The van der Waals surface area contributed by atoms with Gasteiger partial charge in [-0.2, -0.15) is 0 Å². The summed E-state index contributed by atoms with van der Waals surface area (Å²) in [6, 6.07) is 5.48. The molecule has 6 nitrogen and oxygen atoms in total. The van der Waals surface area contributed by atoms with Crippen LogP contribution in [0.4, 0.5) is 4.79 Å². The van der Waals surface area contributed by atoms with E-state index in [9.17, 15) is 9.90 Å². The van der Waals surface area contributed by atoms with Crippen LogP contribution in [0.15, 0.2) is 18.2 Å². The summed E-state index contributed by atoms with van der Waals surface area (Å²) in [5, 5.41) is 12.1. The van der Waals surface area contributed by atoms with Crippen LogP contribution in [0.2, 0.25) is 0 Å². The van der Waals surface area contributed by atoms with Gasteiger partial charge >= 0.3 is 6.03 Å². The highest BCUT2D eigenvalue weighted by molar-refractivity contribution is 5.74. The number of piperidine rings is 1. The Balaban J connectivity index is 1.90. The number of urea groups is 1. The first-order chi connectivity index (χ1) is 10.7. The highest BCUT2D eigenvalue weighted by Crippen LogP contribution is 2.27. The van der Waals surface area contributed by atoms with Gasteiger partial charge in [-0.3, -0.25) is 0 Å². The predicted octanol–water partition coefficient (Wildman–Crippen LogP) is 1.62. The minimum absolute atomic E-state index is 0.0899. The Labute approximate surface area is 131 Å². The minimum atomic E-state index is -0.0899. The number of methoxy groups -OCH3 is 2. The predicted molar refractivity (Wildman–Crippen MR) is 83.2 cm³/mol. The van der Waals surface area contributed by atoms with E-state index in [-0.39, 0.29) is 18.6 Å². The maximum Gasteiger partial charge on any atom is 0.317 e. The molecule has 1 fully saturated rings. The van der Waals surface area contributed by atoms with Gasteiger partial charge < -0.3 is 24.8 Å². The van der Waals surface area contributed by atoms with Crippen LogP contribution in [0.3, 0.4) is 0 Å². The highest BCUT2D eigenvalue weighted by atomic mass is 16.5. The van der Waals surface area contributed by atoms with Gasteiger partial charge in [0.1, 0.15) is 0 Å². The Morgan fingerprint density at radius 2 is 2.14 bits per heavy atom. The van der Waals surface area contributed by atoms with Gasteiger partial charge in [-0.05, 0) is 36.5 Å². The second kappa shape index (κ2) is 7.89. The zero-order chi connectivity index (χ0) is 15.9. The molecule has 0 aromatic heterocycles. The molecule has 1 aromatic rings. The second-order valence-electron chi connectivity index (χ2n) is 5.48. The number of nitrogens with zero attached hydrogens (tertiary/aromatic N) is 1. The number of carbonyl (C=O) groups is 1. The first-order valence-electron chi connectivity index (χ1n) is 7.52. The molecular weight excluding hydrogens is 284 g/mol. The molecule has 1 unspecified atom stereocenters. The fraction of sp³-hybridized carbons (Fsp3) is 0.562. The van der Waals surface area contributed by atoms with Crippen LogP contribution < -0.4 is 14.8 Å². The summed E-state index contributed by atoms with van der Waals surface area (Å²) < 4.78 is 10.4. The van der Waals surface area contributed by atoms with Crippen molar-refractivity contribution in [2.45, 2.75) is 19.4 Å². The normalized spacial score (nSPS) is 18.0. The van der Waals surface area contributed by atoms with Crippen LogP contribution in [0.1, 0.15) is 18.4 Å². The number of rotatable bonds is 5. The summed E-state index contributed by atoms with van der Waals surface area (Å²) in [6.45, 7) is 1.93. The van der Waals surface area contributed by atoms with Crippen molar-refractivity contribution < 1.29 is 19.4 Å². The third kappa shape index (κ3) is 4.04. The van der Waals surface area contributed by atoms with Gasteiger partial charge in [0.25, 0.3) is 0 Å². The van der Waals surface area contributed by atoms with Crippen LogP contribution in [0.25, 0.3) is 0 Å². The SMILES string of the molecule is COc1ccc(CNC(=O)N2CCCC(CO)C2)cc1OC. The third-order valence-electron chi connectivity index (χ3n) is 3.96. The monoisotopic (exact) mass is 308 g/mol. The number of nitrogens with one attached hydrogen (secondary N) is 1. The lowest BCUT2D eigenvalue weighted by Gasteiger charge is -2.31. The molecule has 1 atom stereocenters. The quantitative estimate of drug-likeness (QED) is 0.867. The molecule has 0 spiro atoms. The Morgan fingerprint density at radius 3 is 2.82 bits per heavy atom. The van der Waals surface area contributed by atoms with Crippen LogP contribution in [-0.4, -0.2) is 50.0 Å². The minimum Gasteiger partial charge on any atom is -0.493 e. The average molecular weight is 308 g/mol. The van der Waals surface area contributed by atoms with Crippen molar-refractivity contribution in [2.75, 3.05) is 33.9 Å². The molecule has 0 radical (unpaired) electrons. The molecule has 1 aliphatic rings. The number of ether oxygens (including phenoxy) is 2. The van der Waals surface area contributed by atoms with E-state index in [4.69, 9.17) is 9.47 Å². The van der Waals surface area contributed by atoms with E-state index in [0.29, 0.717) is 24.6 Å². The van der Waals surface area contributed by atoms with Gasteiger partial charge in [0, 0.05) is 26.2 Å². The summed E-state index contributed by atoms with van der Waals surface area (Å²) in [5.74, 6) is 1.51. The summed E-state index contributed by atoms with van der Waals surface area (Å²) in [7, 11) is 3.18. The van der Waals surface area contributed by atoms with Crippen molar-refractivity contribution in [1.29, 1.82) is 0 Å². The summed E-state index contributed by atoms with van der Waals surface area (Å²) in [4.78, 5) is 14.0. The van der Waals surface area contributed by atoms with Crippen molar-refractivity contribution >= 4 is 6.03 Å². The molecule has 1 heterocycles. The summed E-state index contributed by atoms with van der Waals surface area (Å²) in [5.41, 5.74) is 0.946. The van der Waals surface area contributed by atoms with Gasteiger partial charge in [-0.15, -0.1) is 0 Å². The zero-order valence-electron chi connectivity index (χ0n) is 13.2. The van der Waals surface area contributed by atoms with Gasteiger partial charge in [-0.1, -0.05) is 6.07 Å². The topological polar surface area (TPSA) is 71.0 Å². The van der Waals surface area contributed by atoms with Gasteiger partial charge in [0.05, 0.1) is 14.2 Å². The number of benzene rings is 1. The molecule has 122 valence electrons. The van der Waals surface area contributed by atoms with Crippen molar-refractivity contribution in [1.82, 2.24) is 10.2 Å². The number of amides is 2. The standard InChI is InChI=1S/C16H24N2O4/c1-21-14-6-5-12(8-15(14)22-2)9-17-16(20)18-7-3-4-13(10-18)11-19/h5-6,8,13,19H,3-4,7,9-11H2,1-2H3,(H,17,20). The molecule has 1 saturated heterocycles. The third-order valence-corrected chi connectivity index (χ3v) is 3.96. The number of aliphatic hydroxyl groups excluding tert-OH is 1. The first-order valence-corrected chi connectivity index (χ1v) is 7.52. The van der Waals surface area contributed by atoms with E-state index in [0.717, 1.165) is 24.9 Å². The molecule has 0 aliphatic carbocycles. The summed E-state index contributed by atoms with van der Waals surface area (Å²) in [6.07, 6.45) is 1.92.